The number of amides is 1. The zero-order valence-electron chi connectivity index (χ0n) is 12.7. The minimum atomic E-state index is -3.43. The molecule has 0 radical (unpaired) electrons. The SMILES string of the molecule is COc1nccc2c(NC(=O)CS(=O)(=O)C(C)C)cccc12. The number of nitrogens with zero attached hydrogens (tertiary/aromatic N) is 1. The molecule has 118 valence electrons. The number of pyridine rings is 1. The Morgan fingerprint density at radius 3 is 2.64 bits per heavy atom. The van der Waals surface area contributed by atoms with Crippen LogP contribution in [0.25, 0.3) is 10.8 Å². The minimum Gasteiger partial charge on any atom is -0.481 e. The normalized spacial score (nSPS) is 11.6. The number of benzene rings is 1. The van der Waals surface area contributed by atoms with E-state index >= 15 is 0 Å². The fourth-order valence-corrected chi connectivity index (χ4v) is 2.76. The lowest BCUT2D eigenvalue weighted by Crippen LogP contribution is -2.27. The van der Waals surface area contributed by atoms with Crippen molar-refractivity contribution in [3.63, 3.8) is 0 Å². The van der Waals surface area contributed by atoms with Gasteiger partial charge in [0.1, 0.15) is 5.75 Å². The molecule has 1 aromatic carbocycles. The van der Waals surface area contributed by atoms with E-state index in [9.17, 15) is 13.2 Å². The van der Waals surface area contributed by atoms with E-state index < -0.39 is 26.7 Å². The highest BCUT2D eigenvalue weighted by Crippen LogP contribution is 2.28. The number of carbonyl (C=O) groups is 1. The van der Waals surface area contributed by atoms with Crippen molar-refractivity contribution in [1.29, 1.82) is 0 Å². The molecule has 0 unspecified atom stereocenters. The molecule has 7 heteroatoms. The molecule has 0 spiro atoms. The van der Waals surface area contributed by atoms with E-state index in [1.54, 1.807) is 38.2 Å². The molecular weight excluding hydrogens is 304 g/mol. The molecule has 2 rings (SSSR count). The number of ether oxygens (including phenoxy) is 1. The van der Waals surface area contributed by atoms with Crippen LogP contribution in [0, 0.1) is 0 Å². The van der Waals surface area contributed by atoms with Gasteiger partial charge in [-0.3, -0.25) is 4.79 Å². The highest BCUT2D eigenvalue weighted by molar-refractivity contribution is 7.92. The Morgan fingerprint density at radius 1 is 1.27 bits per heavy atom. The number of fused-ring (bicyclic) bond motifs is 1. The lowest BCUT2D eigenvalue weighted by molar-refractivity contribution is -0.113. The fraction of sp³-hybridized carbons (Fsp3) is 0.333. The maximum Gasteiger partial charge on any atom is 0.239 e. The fourth-order valence-electron chi connectivity index (χ4n) is 1.99. The van der Waals surface area contributed by atoms with Crippen LogP contribution in [0.4, 0.5) is 5.69 Å². The maximum atomic E-state index is 12.0. The summed E-state index contributed by atoms with van der Waals surface area (Å²) in [5.41, 5.74) is 0.530. The van der Waals surface area contributed by atoms with E-state index in [0.717, 1.165) is 10.8 Å². The van der Waals surface area contributed by atoms with Crippen molar-refractivity contribution in [3.05, 3.63) is 30.5 Å². The van der Waals surface area contributed by atoms with Crippen LogP contribution in [0.5, 0.6) is 5.88 Å². The Morgan fingerprint density at radius 2 is 2.00 bits per heavy atom. The minimum absolute atomic E-state index is 0.448. The summed E-state index contributed by atoms with van der Waals surface area (Å²) >= 11 is 0. The summed E-state index contributed by atoms with van der Waals surface area (Å²) in [5, 5.41) is 3.54. The number of rotatable bonds is 5. The molecule has 0 fully saturated rings. The number of carbonyl (C=O) groups excluding carboxylic acids is 1. The smallest absolute Gasteiger partial charge is 0.239 e. The van der Waals surface area contributed by atoms with Crippen LogP contribution in [0.3, 0.4) is 0 Å². The Kier molecular flexibility index (Phi) is 4.65. The summed E-state index contributed by atoms with van der Waals surface area (Å²) in [6.45, 7) is 3.11. The van der Waals surface area contributed by atoms with Gasteiger partial charge >= 0.3 is 0 Å². The van der Waals surface area contributed by atoms with E-state index in [1.165, 1.54) is 7.11 Å². The summed E-state index contributed by atoms with van der Waals surface area (Å²) in [6.07, 6.45) is 1.57. The molecule has 1 heterocycles. The van der Waals surface area contributed by atoms with E-state index in [0.29, 0.717) is 11.6 Å². The molecule has 0 atom stereocenters. The van der Waals surface area contributed by atoms with E-state index in [1.807, 2.05) is 6.07 Å². The summed E-state index contributed by atoms with van der Waals surface area (Å²) in [7, 11) is -1.92. The van der Waals surface area contributed by atoms with Crippen LogP contribution in [0.1, 0.15) is 13.8 Å². The largest absolute Gasteiger partial charge is 0.481 e. The zero-order valence-corrected chi connectivity index (χ0v) is 13.5. The predicted octanol–water partition coefficient (Wildman–Crippen LogP) is 2.01. The van der Waals surface area contributed by atoms with Crippen LogP contribution in [-0.2, 0) is 14.6 Å². The van der Waals surface area contributed by atoms with E-state index in [-0.39, 0.29) is 0 Å². The molecule has 1 amide bonds. The van der Waals surface area contributed by atoms with Gasteiger partial charge in [0.15, 0.2) is 9.84 Å². The van der Waals surface area contributed by atoms with Gasteiger partial charge in [-0.25, -0.2) is 13.4 Å². The highest BCUT2D eigenvalue weighted by Gasteiger charge is 2.21. The Hall–Kier alpha value is -2.15. The van der Waals surface area contributed by atoms with E-state index in [4.69, 9.17) is 4.74 Å². The Bertz CT molecular complexity index is 800. The lowest BCUT2D eigenvalue weighted by Gasteiger charge is -2.11. The molecule has 0 saturated heterocycles. The number of anilines is 1. The quantitative estimate of drug-likeness (QED) is 0.910. The number of aromatic nitrogens is 1. The Labute approximate surface area is 129 Å². The van der Waals surface area contributed by atoms with Crippen molar-refractivity contribution in [2.75, 3.05) is 18.2 Å². The molecule has 1 aromatic heterocycles. The van der Waals surface area contributed by atoms with Crippen molar-refractivity contribution in [2.45, 2.75) is 19.1 Å². The first-order valence-corrected chi connectivity index (χ1v) is 8.50. The van der Waals surface area contributed by atoms with Crippen molar-refractivity contribution in [3.8, 4) is 5.88 Å². The van der Waals surface area contributed by atoms with Crippen molar-refractivity contribution < 1.29 is 17.9 Å². The lowest BCUT2D eigenvalue weighted by atomic mass is 10.1. The van der Waals surface area contributed by atoms with Crippen LogP contribution in [-0.4, -0.2) is 37.4 Å². The van der Waals surface area contributed by atoms with Crippen molar-refractivity contribution in [2.24, 2.45) is 0 Å². The third kappa shape index (κ3) is 3.36. The second-order valence-corrected chi connectivity index (χ2v) is 7.68. The van der Waals surface area contributed by atoms with Gasteiger partial charge in [-0.05, 0) is 32.0 Å². The summed E-state index contributed by atoms with van der Waals surface area (Å²) in [6, 6.07) is 7.02. The van der Waals surface area contributed by atoms with Gasteiger partial charge in [0.25, 0.3) is 0 Å². The van der Waals surface area contributed by atoms with Gasteiger partial charge in [0, 0.05) is 22.7 Å². The van der Waals surface area contributed by atoms with Crippen LogP contribution >= 0.6 is 0 Å². The molecule has 0 saturated carbocycles. The van der Waals surface area contributed by atoms with Gasteiger partial charge in [-0.1, -0.05) is 6.07 Å². The van der Waals surface area contributed by atoms with Crippen molar-refractivity contribution >= 4 is 32.2 Å². The van der Waals surface area contributed by atoms with Gasteiger partial charge in [-0.15, -0.1) is 0 Å². The maximum absolute atomic E-state index is 12.0. The average molecular weight is 322 g/mol. The second-order valence-electron chi connectivity index (χ2n) is 5.13. The van der Waals surface area contributed by atoms with Gasteiger partial charge in [-0.2, -0.15) is 0 Å². The first kappa shape index (κ1) is 16.2. The van der Waals surface area contributed by atoms with Gasteiger partial charge < -0.3 is 10.1 Å². The zero-order chi connectivity index (χ0) is 16.3. The first-order chi connectivity index (χ1) is 10.3. The van der Waals surface area contributed by atoms with Crippen LogP contribution < -0.4 is 10.1 Å². The summed E-state index contributed by atoms with van der Waals surface area (Å²) < 4.78 is 28.8. The number of sulfone groups is 1. The number of nitrogens with one attached hydrogen (secondary N) is 1. The molecule has 2 aromatic rings. The third-order valence-corrected chi connectivity index (χ3v) is 5.39. The third-order valence-electron chi connectivity index (χ3n) is 3.29. The van der Waals surface area contributed by atoms with Crippen LogP contribution in [0.2, 0.25) is 0 Å². The predicted molar refractivity (Wildman–Crippen MR) is 85.8 cm³/mol. The standard InChI is InChI=1S/C15H18N2O4S/c1-10(2)22(19,20)9-14(18)17-13-6-4-5-12-11(13)7-8-16-15(12)21-3/h4-8,10H,9H2,1-3H3,(H,17,18). The molecule has 0 aliphatic rings. The van der Waals surface area contributed by atoms with Gasteiger partial charge in [0.2, 0.25) is 11.8 Å². The van der Waals surface area contributed by atoms with Gasteiger partial charge in [0.05, 0.1) is 12.4 Å². The summed E-state index contributed by atoms with van der Waals surface area (Å²) in [4.78, 5) is 16.1. The number of hydrogen-bond acceptors (Lipinski definition) is 5. The molecule has 0 aliphatic carbocycles. The molecule has 22 heavy (non-hydrogen) atoms. The Balaban J connectivity index is 2.31. The number of hydrogen-bond donors (Lipinski definition) is 1. The highest BCUT2D eigenvalue weighted by atomic mass is 32.2. The molecule has 6 nitrogen and oxygen atoms in total. The van der Waals surface area contributed by atoms with Crippen molar-refractivity contribution in [1.82, 2.24) is 4.98 Å². The topological polar surface area (TPSA) is 85.4 Å². The molecule has 1 N–H and O–H groups in total. The monoisotopic (exact) mass is 322 g/mol. The average Bonchev–Trinajstić information content (AvgIpc) is 2.46. The molecule has 0 bridgehead atoms. The molecule has 0 aliphatic heterocycles. The molecular formula is C15H18N2O4S. The van der Waals surface area contributed by atoms with E-state index in [2.05, 4.69) is 10.3 Å². The first-order valence-electron chi connectivity index (χ1n) is 6.78. The second kappa shape index (κ2) is 6.31. The van der Waals surface area contributed by atoms with Crippen LogP contribution in [0.15, 0.2) is 30.5 Å². The summed E-state index contributed by atoms with van der Waals surface area (Å²) in [5.74, 6) is -0.649. The number of methoxy groups -OCH3 is 1.